The van der Waals surface area contributed by atoms with Gasteiger partial charge in [0.25, 0.3) is 0 Å². The molecular weight excluding hydrogens is 254 g/mol. The monoisotopic (exact) mass is 267 g/mol. The van der Waals surface area contributed by atoms with Crippen molar-refractivity contribution >= 4 is 21.6 Å². The average Bonchev–Trinajstić information content (AvgIpc) is 2.45. The van der Waals surface area contributed by atoms with E-state index in [2.05, 4.69) is 57.4 Å². The molecule has 0 aliphatic carbocycles. The van der Waals surface area contributed by atoms with Gasteiger partial charge >= 0.3 is 0 Å². The highest BCUT2D eigenvalue weighted by Crippen LogP contribution is 2.20. The number of aromatic nitrogens is 2. The number of rotatable bonds is 2. The van der Waals surface area contributed by atoms with E-state index in [1.807, 2.05) is 12.1 Å². The molecule has 0 spiro atoms. The van der Waals surface area contributed by atoms with Crippen LogP contribution in [0, 0.1) is 6.92 Å². The second-order valence-electron chi connectivity index (χ2n) is 3.93. The first-order valence-corrected chi connectivity index (χ1v) is 5.65. The standard InChI is InChI=1S/C11H14BrN3/c1-8-10(7-14(2)3)15-6-4-5-9(12)11(15)13-8/h4-6H,7H2,1-3H3. The van der Waals surface area contributed by atoms with Crippen molar-refractivity contribution in [1.82, 2.24) is 14.3 Å². The lowest BCUT2D eigenvalue weighted by Gasteiger charge is -2.10. The zero-order chi connectivity index (χ0) is 11.0. The molecule has 0 fully saturated rings. The maximum Gasteiger partial charge on any atom is 0.151 e. The van der Waals surface area contributed by atoms with Gasteiger partial charge < -0.3 is 9.30 Å². The molecule has 0 bridgehead atoms. The number of aryl methyl sites for hydroxylation is 1. The van der Waals surface area contributed by atoms with Crippen LogP contribution in [0.2, 0.25) is 0 Å². The van der Waals surface area contributed by atoms with Crippen molar-refractivity contribution in [2.24, 2.45) is 0 Å². The molecule has 0 atom stereocenters. The summed E-state index contributed by atoms with van der Waals surface area (Å²) >= 11 is 3.51. The molecule has 2 aromatic rings. The van der Waals surface area contributed by atoms with Crippen molar-refractivity contribution in [3.05, 3.63) is 34.2 Å². The van der Waals surface area contributed by atoms with Gasteiger partial charge in [-0.1, -0.05) is 0 Å². The summed E-state index contributed by atoms with van der Waals surface area (Å²) in [5.74, 6) is 0. The molecule has 2 rings (SSSR count). The molecule has 2 heterocycles. The van der Waals surface area contributed by atoms with Gasteiger partial charge in [-0.15, -0.1) is 0 Å². The third-order valence-corrected chi connectivity index (χ3v) is 2.99. The number of nitrogens with zero attached hydrogens (tertiary/aromatic N) is 3. The van der Waals surface area contributed by atoms with Crippen LogP contribution in [0.25, 0.3) is 5.65 Å². The molecular formula is C11H14BrN3. The Bertz CT molecular complexity index is 488. The van der Waals surface area contributed by atoms with Gasteiger partial charge in [0.15, 0.2) is 5.65 Å². The number of pyridine rings is 1. The van der Waals surface area contributed by atoms with Crippen LogP contribution in [0.1, 0.15) is 11.4 Å². The van der Waals surface area contributed by atoms with Gasteiger partial charge in [-0.25, -0.2) is 4.98 Å². The maximum absolute atomic E-state index is 4.56. The quantitative estimate of drug-likeness (QED) is 0.834. The van der Waals surface area contributed by atoms with Crippen LogP contribution < -0.4 is 0 Å². The van der Waals surface area contributed by atoms with Gasteiger partial charge in [0.2, 0.25) is 0 Å². The molecule has 0 amide bonds. The Labute approximate surface area is 97.9 Å². The molecule has 0 radical (unpaired) electrons. The summed E-state index contributed by atoms with van der Waals surface area (Å²) in [4.78, 5) is 6.71. The summed E-state index contributed by atoms with van der Waals surface area (Å²) in [6, 6.07) is 4.04. The molecule has 0 saturated carbocycles. The van der Waals surface area contributed by atoms with Crippen LogP contribution in [-0.4, -0.2) is 28.4 Å². The minimum absolute atomic E-state index is 0.906. The molecule has 0 saturated heterocycles. The molecule has 0 aliphatic rings. The Morgan fingerprint density at radius 1 is 1.47 bits per heavy atom. The van der Waals surface area contributed by atoms with E-state index >= 15 is 0 Å². The number of halogens is 1. The Kier molecular flexibility index (Phi) is 2.80. The van der Waals surface area contributed by atoms with Crippen molar-refractivity contribution in [2.45, 2.75) is 13.5 Å². The number of hydrogen-bond donors (Lipinski definition) is 0. The van der Waals surface area contributed by atoms with Gasteiger partial charge in [-0.3, -0.25) is 0 Å². The molecule has 80 valence electrons. The molecule has 15 heavy (non-hydrogen) atoms. The van der Waals surface area contributed by atoms with Gasteiger partial charge in [-0.05, 0) is 49.1 Å². The molecule has 0 aromatic carbocycles. The average molecular weight is 268 g/mol. The lowest BCUT2D eigenvalue weighted by Crippen LogP contribution is -2.13. The van der Waals surface area contributed by atoms with E-state index in [0.717, 1.165) is 22.4 Å². The van der Waals surface area contributed by atoms with Gasteiger partial charge in [0.1, 0.15) is 0 Å². The van der Waals surface area contributed by atoms with E-state index in [4.69, 9.17) is 0 Å². The van der Waals surface area contributed by atoms with Crippen molar-refractivity contribution < 1.29 is 0 Å². The van der Waals surface area contributed by atoms with Gasteiger partial charge in [0, 0.05) is 12.7 Å². The van der Waals surface area contributed by atoms with Gasteiger partial charge in [-0.2, -0.15) is 0 Å². The molecule has 3 nitrogen and oxygen atoms in total. The number of hydrogen-bond acceptors (Lipinski definition) is 2. The predicted molar refractivity (Wildman–Crippen MR) is 65.0 cm³/mol. The van der Waals surface area contributed by atoms with Crippen molar-refractivity contribution in [3.63, 3.8) is 0 Å². The van der Waals surface area contributed by atoms with Crippen molar-refractivity contribution in [3.8, 4) is 0 Å². The van der Waals surface area contributed by atoms with Crippen LogP contribution >= 0.6 is 15.9 Å². The highest BCUT2D eigenvalue weighted by atomic mass is 79.9. The fraction of sp³-hybridized carbons (Fsp3) is 0.364. The Morgan fingerprint density at radius 2 is 2.20 bits per heavy atom. The molecule has 0 aliphatic heterocycles. The fourth-order valence-electron chi connectivity index (χ4n) is 1.69. The number of fused-ring (bicyclic) bond motifs is 1. The van der Waals surface area contributed by atoms with E-state index in [-0.39, 0.29) is 0 Å². The van der Waals surface area contributed by atoms with Gasteiger partial charge in [0.05, 0.1) is 15.9 Å². The third kappa shape index (κ3) is 1.92. The second kappa shape index (κ2) is 3.94. The van der Waals surface area contributed by atoms with E-state index < -0.39 is 0 Å². The van der Waals surface area contributed by atoms with E-state index in [0.29, 0.717) is 0 Å². The minimum atomic E-state index is 0.906. The van der Waals surface area contributed by atoms with E-state index in [1.165, 1.54) is 5.69 Å². The smallest absolute Gasteiger partial charge is 0.151 e. The minimum Gasteiger partial charge on any atom is -0.304 e. The Hall–Kier alpha value is -0.870. The summed E-state index contributed by atoms with van der Waals surface area (Å²) in [6.45, 7) is 2.96. The first-order valence-electron chi connectivity index (χ1n) is 4.86. The number of imidazole rings is 1. The lowest BCUT2D eigenvalue weighted by molar-refractivity contribution is 0.394. The molecule has 0 N–H and O–H groups in total. The first-order chi connectivity index (χ1) is 7.09. The third-order valence-electron chi connectivity index (χ3n) is 2.37. The zero-order valence-electron chi connectivity index (χ0n) is 9.16. The highest BCUT2D eigenvalue weighted by Gasteiger charge is 2.10. The van der Waals surface area contributed by atoms with Crippen LogP contribution in [-0.2, 0) is 6.54 Å². The SMILES string of the molecule is Cc1nc2c(Br)cccn2c1CN(C)C. The summed E-state index contributed by atoms with van der Waals surface area (Å²) in [7, 11) is 4.13. The van der Waals surface area contributed by atoms with Crippen molar-refractivity contribution in [1.29, 1.82) is 0 Å². The summed E-state index contributed by atoms with van der Waals surface area (Å²) < 4.78 is 3.18. The maximum atomic E-state index is 4.56. The Morgan fingerprint density at radius 3 is 2.87 bits per heavy atom. The summed E-state index contributed by atoms with van der Waals surface area (Å²) in [5.41, 5.74) is 3.33. The molecule has 4 heteroatoms. The highest BCUT2D eigenvalue weighted by molar-refractivity contribution is 9.10. The lowest BCUT2D eigenvalue weighted by atomic mass is 10.3. The van der Waals surface area contributed by atoms with Crippen LogP contribution in [0.3, 0.4) is 0 Å². The topological polar surface area (TPSA) is 20.5 Å². The first kappa shape index (κ1) is 10.6. The molecule has 0 unspecified atom stereocenters. The van der Waals surface area contributed by atoms with Crippen LogP contribution in [0.15, 0.2) is 22.8 Å². The van der Waals surface area contributed by atoms with E-state index in [1.54, 1.807) is 0 Å². The normalized spacial score (nSPS) is 11.5. The predicted octanol–water partition coefficient (Wildman–Crippen LogP) is 2.47. The second-order valence-corrected chi connectivity index (χ2v) is 4.79. The molecule has 2 aromatic heterocycles. The van der Waals surface area contributed by atoms with Crippen LogP contribution in [0.4, 0.5) is 0 Å². The zero-order valence-corrected chi connectivity index (χ0v) is 10.7. The summed E-state index contributed by atoms with van der Waals surface area (Å²) in [6.07, 6.45) is 2.05. The van der Waals surface area contributed by atoms with E-state index in [9.17, 15) is 0 Å². The largest absolute Gasteiger partial charge is 0.304 e. The fourth-order valence-corrected chi connectivity index (χ4v) is 2.12. The Balaban J connectivity index is 2.63. The van der Waals surface area contributed by atoms with Crippen molar-refractivity contribution in [2.75, 3.05) is 14.1 Å². The van der Waals surface area contributed by atoms with Crippen LogP contribution in [0.5, 0.6) is 0 Å². The summed E-state index contributed by atoms with van der Waals surface area (Å²) in [5, 5.41) is 0.